The van der Waals surface area contributed by atoms with Crippen LogP contribution in [0.3, 0.4) is 0 Å². The van der Waals surface area contributed by atoms with Crippen molar-refractivity contribution >= 4 is 10.0 Å². The third-order valence-electron chi connectivity index (χ3n) is 2.12. The molecule has 0 rings (SSSR count). The first-order valence-electron chi connectivity index (χ1n) is 5.07. The van der Waals surface area contributed by atoms with Crippen molar-refractivity contribution in [3.8, 4) is 0 Å². The molecule has 0 aliphatic rings. The smallest absolute Gasteiger partial charge is 0.216 e. The monoisotopic (exact) mass is 255 g/mol. The van der Waals surface area contributed by atoms with E-state index >= 15 is 0 Å². The molecule has 6 nitrogen and oxygen atoms in total. The highest BCUT2D eigenvalue weighted by molar-refractivity contribution is 7.89. The third-order valence-corrected chi connectivity index (χ3v) is 4.08. The summed E-state index contributed by atoms with van der Waals surface area (Å²) >= 11 is 0. The van der Waals surface area contributed by atoms with Gasteiger partial charge in [-0.25, -0.2) is 8.42 Å². The van der Waals surface area contributed by atoms with Crippen LogP contribution in [0.2, 0.25) is 0 Å². The molecule has 7 heteroatoms. The molecule has 98 valence electrons. The lowest BCUT2D eigenvalue weighted by Gasteiger charge is -2.27. The Morgan fingerprint density at radius 3 is 2.38 bits per heavy atom. The summed E-state index contributed by atoms with van der Waals surface area (Å²) in [7, 11) is -0.414. The third kappa shape index (κ3) is 5.22. The number of nitrogens with zero attached hydrogens (tertiary/aromatic N) is 1. The van der Waals surface area contributed by atoms with Crippen molar-refractivity contribution in [1.29, 1.82) is 0 Å². The Bertz CT molecular complexity index is 267. The average molecular weight is 255 g/mol. The Balaban J connectivity index is 4.64. The van der Waals surface area contributed by atoms with Crippen LogP contribution >= 0.6 is 0 Å². The largest absolute Gasteiger partial charge is 0.395 e. The van der Waals surface area contributed by atoms with Gasteiger partial charge in [0, 0.05) is 26.8 Å². The van der Waals surface area contributed by atoms with Crippen molar-refractivity contribution in [3.05, 3.63) is 0 Å². The molecular formula is C9H21NO5S. The summed E-state index contributed by atoms with van der Waals surface area (Å²) in [5.74, 6) is -0.273. The van der Waals surface area contributed by atoms with Crippen LogP contribution in [0.4, 0.5) is 0 Å². The first-order chi connectivity index (χ1) is 7.49. The zero-order valence-electron chi connectivity index (χ0n) is 10.0. The van der Waals surface area contributed by atoms with Gasteiger partial charge in [0.15, 0.2) is 0 Å². The minimum absolute atomic E-state index is 0.267. The van der Waals surface area contributed by atoms with E-state index in [1.807, 2.05) is 0 Å². The normalized spacial score (nSPS) is 14.3. The molecule has 0 saturated heterocycles. The second-order valence-electron chi connectivity index (χ2n) is 3.45. The number of aliphatic hydroxyl groups is 1. The molecule has 0 aliphatic carbocycles. The van der Waals surface area contributed by atoms with Crippen LogP contribution in [0.1, 0.15) is 6.92 Å². The van der Waals surface area contributed by atoms with Gasteiger partial charge in [0.25, 0.3) is 0 Å². The van der Waals surface area contributed by atoms with Crippen LogP contribution in [-0.4, -0.2) is 70.2 Å². The van der Waals surface area contributed by atoms with E-state index in [0.29, 0.717) is 13.2 Å². The van der Waals surface area contributed by atoms with E-state index in [9.17, 15) is 8.42 Å². The summed E-state index contributed by atoms with van der Waals surface area (Å²) in [6.07, 6.45) is 0. The molecule has 1 unspecified atom stereocenters. The second-order valence-corrected chi connectivity index (χ2v) is 5.49. The Kier molecular flexibility index (Phi) is 7.86. The SMILES string of the molecule is COCCN(C(C)COC)S(=O)(=O)CCO. The molecule has 0 aliphatic heterocycles. The van der Waals surface area contributed by atoms with Crippen molar-refractivity contribution in [1.82, 2.24) is 4.31 Å². The van der Waals surface area contributed by atoms with Gasteiger partial charge in [0.05, 0.1) is 25.6 Å². The number of hydrogen-bond acceptors (Lipinski definition) is 5. The molecule has 0 bridgehead atoms. The molecule has 0 heterocycles. The van der Waals surface area contributed by atoms with Gasteiger partial charge in [-0.1, -0.05) is 0 Å². The number of rotatable bonds is 9. The maximum Gasteiger partial charge on any atom is 0.216 e. The molecule has 0 spiro atoms. The molecule has 0 fully saturated rings. The highest BCUT2D eigenvalue weighted by Crippen LogP contribution is 2.08. The molecule has 16 heavy (non-hydrogen) atoms. The van der Waals surface area contributed by atoms with E-state index in [0.717, 1.165) is 0 Å². The van der Waals surface area contributed by atoms with E-state index in [1.165, 1.54) is 18.5 Å². The fraction of sp³-hybridized carbons (Fsp3) is 1.00. The minimum atomic E-state index is -3.44. The van der Waals surface area contributed by atoms with Crippen molar-refractivity contribution < 1.29 is 23.0 Å². The van der Waals surface area contributed by atoms with Crippen LogP contribution in [0.5, 0.6) is 0 Å². The number of hydrogen-bond donors (Lipinski definition) is 1. The Morgan fingerprint density at radius 2 is 1.94 bits per heavy atom. The minimum Gasteiger partial charge on any atom is -0.395 e. The van der Waals surface area contributed by atoms with Crippen LogP contribution in [0.25, 0.3) is 0 Å². The maximum absolute atomic E-state index is 11.8. The maximum atomic E-state index is 11.8. The topological polar surface area (TPSA) is 76.1 Å². The van der Waals surface area contributed by atoms with Crippen molar-refractivity contribution in [3.63, 3.8) is 0 Å². The standard InChI is InChI=1S/C9H21NO5S/c1-9(8-15-3)10(4-6-14-2)16(12,13)7-5-11/h9,11H,4-8H2,1-3H3. The molecule has 0 amide bonds. The van der Waals surface area contributed by atoms with Gasteiger partial charge in [0.2, 0.25) is 10.0 Å². The molecule has 0 aromatic carbocycles. The molecule has 1 atom stereocenters. The Morgan fingerprint density at radius 1 is 1.31 bits per heavy atom. The fourth-order valence-corrected chi connectivity index (χ4v) is 2.80. The Hall–Kier alpha value is -0.210. The van der Waals surface area contributed by atoms with Gasteiger partial charge in [-0.2, -0.15) is 4.31 Å². The molecule has 0 saturated carbocycles. The summed E-state index contributed by atoms with van der Waals surface area (Å²) in [4.78, 5) is 0. The number of sulfonamides is 1. The summed E-state index contributed by atoms with van der Waals surface area (Å²) in [6, 6.07) is -0.267. The van der Waals surface area contributed by atoms with Gasteiger partial charge in [0.1, 0.15) is 0 Å². The number of methoxy groups -OCH3 is 2. The fourth-order valence-electron chi connectivity index (χ4n) is 1.37. The van der Waals surface area contributed by atoms with Gasteiger partial charge in [-0.15, -0.1) is 0 Å². The summed E-state index contributed by atoms with van der Waals surface area (Å²) in [5.41, 5.74) is 0. The van der Waals surface area contributed by atoms with E-state index < -0.39 is 10.0 Å². The van der Waals surface area contributed by atoms with Gasteiger partial charge in [-0.05, 0) is 6.92 Å². The van der Waals surface area contributed by atoms with Crippen molar-refractivity contribution in [2.75, 3.05) is 46.3 Å². The van der Waals surface area contributed by atoms with Gasteiger partial charge in [-0.3, -0.25) is 0 Å². The first-order valence-corrected chi connectivity index (χ1v) is 6.68. The lowest BCUT2D eigenvalue weighted by molar-refractivity contribution is 0.118. The van der Waals surface area contributed by atoms with Gasteiger partial charge < -0.3 is 14.6 Å². The first kappa shape index (κ1) is 15.8. The van der Waals surface area contributed by atoms with E-state index in [2.05, 4.69) is 0 Å². The Labute approximate surface area is 97.2 Å². The highest BCUT2D eigenvalue weighted by Gasteiger charge is 2.26. The molecule has 1 N–H and O–H groups in total. The van der Waals surface area contributed by atoms with E-state index in [1.54, 1.807) is 6.92 Å². The van der Waals surface area contributed by atoms with Gasteiger partial charge >= 0.3 is 0 Å². The van der Waals surface area contributed by atoms with E-state index in [4.69, 9.17) is 14.6 Å². The van der Waals surface area contributed by atoms with E-state index in [-0.39, 0.29) is 24.9 Å². The zero-order chi connectivity index (χ0) is 12.6. The summed E-state index contributed by atoms with van der Waals surface area (Å²) in [5, 5.41) is 8.72. The van der Waals surface area contributed by atoms with Crippen molar-refractivity contribution in [2.24, 2.45) is 0 Å². The van der Waals surface area contributed by atoms with Crippen LogP contribution in [-0.2, 0) is 19.5 Å². The zero-order valence-corrected chi connectivity index (χ0v) is 10.9. The van der Waals surface area contributed by atoms with Crippen LogP contribution in [0, 0.1) is 0 Å². The summed E-state index contributed by atoms with van der Waals surface area (Å²) in [6.45, 7) is 2.27. The predicted octanol–water partition coefficient (Wildman–Crippen LogP) is -0.708. The lowest BCUT2D eigenvalue weighted by atomic mass is 10.3. The van der Waals surface area contributed by atoms with Crippen molar-refractivity contribution in [2.45, 2.75) is 13.0 Å². The summed E-state index contributed by atoms with van der Waals surface area (Å²) < 4.78 is 34.7. The highest BCUT2D eigenvalue weighted by atomic mass is 32.2. The predicted molar refractivity (Wildman–Crippen MR) is 60.8 cm³/mol. The van der Waals surface area contributed by atoms with Crippen LogP contribution < -0.4 is 0 Å². The molecule has 0 aromatic heterocycles. The number of ether oxygens (including phenoxy) is 2. The lowest BCUT2D eigenvalue weighted by Crippen LogP contribution is -2.44. The molecular weight excluding hydrogens is 234 g/mol. The quantitative estimate of drug-likeness (QED) is 0.589. The molecule has 0 radical (unpaired) electrons. The second kappa shape index (κ2) is 7.97. The average Bonchev–Trinajstić information content (AvgIpc) is 2.18. The van der Waals surface area contributed by atoms with Crippen LogP contribution in [0.15, 0.2) is 0 Å². The molecule has 0 aromatic rings. The number of aliphatic hydroxyl groups excluding tert-OH is 1.